The molecule has 31 heavy (non-hydrogen) atoms. The van der Waals surface area contributed by atoms with Crippen LogP contribution in [0.25, 0.3) is 10.9 Å². The Kier molecular flexibility index (Phi) is 7.12. The first-order valence-corrected chi connectivity index (χ1v) is 10.2. The van der Waals surface area contributed by atoms with Crippen molar-refractivity contribution in [2.75, 3.05) is 0 Å². The molecule has 0 aliphatic carbocycles. The summed E-state index contributed by atoms with van der Waals surface area (Å²) in [5, 5.41) is 11.3. The van der Waals surface area contributed by atoms with Gasteiger partial charge in [0.25, 0.3) is 5.56 Å². The van der Waals surface area contributed by atoms with E-state index in [2.05, 4.69) is 15.6 Å². The third-order valence-electron chi connectivity index (χ3n) is 4.73. The number of hydrogen-bond acceptors (Lipinski definition) is 6. The first-order valence-electron chi connectivity index (χ1n) is 10.2. The van der Waals surface area contributed by atoms with Crippen LogP contribution in [-0.4, -0.2) is 33.0 Å². The van der Waals surface area contributed by atoms with Gasteiger partial charge in [-0.05, 0) is 38.5 Å². The van der Waals surface area contributed by atoms with Crippen molar-refractivity contribution in [3.63, 3.8) is 0 Å². The van der Waals surface area contributed by atoms with Gasteiger partial charge in [0.1, 0.15) is 5.52 Å². The lowest BCUT2D eigenvalue weighted by molar-refractivity contribution is -0.148. The summed E-state index contributed by atoms with van der Waals surface area (Å²) < 4.78 is 6.42. The molecular weight excluding hydrogens is 396 g/mol. The van der Waals surface area contributed by atoms with E-state index >= 15 is 0 Å². The van der Waals surface area contributed by atoms with Crippen LogP contribution in [0.5, 0.6) is 0 Å². The van der Waals surface area contributed by atoms with Gasteiger partial charge in [-0.2, -0.15) is 0 Å². The third kappa shape index (κ3) is 5.97. The van der Waals surface area contributed by atoms with Crippen molar-refractivity contribution in [1.29, 1.82) is 0 Å². The number of hydrogen-bond donors (Lipinski definition) is 1. The molecule has 0 spiro atoms. The van der Waals surface area contributed by atoms with Gasteiger partial charge in [0, 0.05) is 6.42 Å². The molecule has 0 bridgehead atoms. The standard InChI is InChI=1S/C23H26N4O4/c1-15(2)31-22(29)14-20(17-10-8-16(3)9-11-17)24-21(28)12-13-27-23(30)18-6-4-5-7-19(18)25-26-27/h4-11,15,20H,12-14H2,1-3H3,(H,24,28)/t20-/m0/s1. The second kappa shape index (κ2) is 9.97. The second-order valence-electron chi connectivity index (χ2n) is 7.66. The highest BCUT2D eigenvalue weighted by atomic mass is 16.5. The van der Waals surface area contributed by atoms with E-state index in [0.29, 0.717) is 10.9 Å². The Morgan fingerprint density at radius 1 is 1.10 bits per heavy atom. The van der Waals surface area contributed by atoms with Crippen molar-refractivity contribution in [2.24, 2.45) is 0 Å². The van der Waals surface area contributed by atoms with E-state index in [0.717, 1.165) is 11.1 Å². The molecule has 2 aromatic carbocycles. The Morgan fingerprint density at radius 2 is 1.81 bits per heavy atom. The fraction of sp³-hybridized carbons (Fsp3) is 0.348. The van der Waals surface area contributed by atoms with Gasteiger partial charge >= 0.3 is 5.97 Å². The Balaban J connectivity index is 1.69. The van der Waals surface area contributed by atoms with Gasteiger partial charge in [0.15, 0.2) is 0 Å². The normalized spacial score (nSPS) is 12.0. The number of aromatic nitrogens is 3. The average Bonchev–Trinajstić information content (AvgIpc) is 2.73. The molecule has 0 radical (unpaired) electrons. The maximum Gasteiger partial charge on any atom is 0.308 e. The molecule has 1 N–H and O–H groups in total. The SMILES string of the molecule is Cc1ccc([C@H](CC(=O)OC(C)C)NC(=O)CCn2nnc3ccccc3c2=O)cc1. The second-order valence-corrected chi connectivity index (χ2v) is 7.66. The Bertz CT molecular complexity index is 1120. The first-order chi connectivity index (χ1) is 14.8. The van der Waals surface area contributed by atoms with Crippen LogP contribution in [0.4, 0.5) is 0 Å². The summed E-state index contributed by atoms with van der Waals surface area (Å²) in [7, 11) is 0. The van der Waals surface area contributed by atoms with Crippen LogP contribution in [0.3, 0.4) is 0 Å². The first kappa shape index (κ1) is 22.1. The number of nitrogens with one attached hydrogen (secondary N) is 1. The van der Waals surface area contributed by atoms with Gasteiger partial charge in [-0.25, -0.2) is 4.68 Å². The molecule has 1 atom stereocenters. The molecule has 3 rings (SSSR count). The summed E-state index contributed by atoms with van der Waals surface area (Å²) in [5.74, 6) is -0.692. The number of fused-ring (bicyclic) bond motifs is 1. The average molecular weight is 422 g/mol. The van der Waals surface area contributed by atoms with Gasteiger partial charge in [-0.3, -0.25) is 14.4 Å². The zero-order valence-electron chi connectivity index (χ0n) is 17.9. The lowest BCUT2D eigenvalue weighted by Gasteiger charge is -2.20. The summed E-state index contributed by atoms with van der Waals surface area (Å²) in [5.41, 5.74) is 2.10. The van der Waals surface area contributed by atoms with Crippen molar-refractivity contribution in [3.05, 3.63) is 70.0 Å². The van der Waals surface area contributed by atoms with Crippen molar-refractivity contribution in [2.45, 2.75) is 52.3 Å². The number of nitrogens with zero attached hydrogens (tertiary/aromatic N) is 3. The Hall–Kier alpha value is -3.55. The van der Waals surface area contributed by atoms with Crippen LogP contribution < -0.4 is 10.9 Å². The van der Waals surface area contributed by atoms with E-state index in [4.69, 9.17) is 4.74 Å². The van der Waals surface area contributed by atoms with Gasteiger partial charge < -0.3 is 10.1 Å². The minimum absolute atomic E-state index is 0.0166. The minimum atomic E-state index is -0.529. The van der Waals surface area contributed by atoms with Gasteiger partial charge in [0.05, 0.1) is 30.5 Å². The lowest BCUT2D eigenvalue weighted by Crippen LogP contribution is -2.33. The van der Waals surface area contributed by atoms with Gasteiger partial charge in [0.2, 0.25) is 5.91 Å². The highest BCUT2D eigenvalue weighted by Crippen LogP contribution is 2.19. The van der Waals surface area contributed by atoms with Crippen LogP contribution in [0.15, 0.2) is 53.3 Å². The molecule has 0 saturated carbocycles. The molecule has 1 aromatic heterocycles. The quantitative estimate of drug-likeness (QED) is 0.560. The van der Waals surface area contributed by atoms with Crippen LogP contribution in [0.1, 0.15) is 43.9 Å². The number of amides is 1. The highest BCUT2D eigenvalue weighted by molar-refractivity contribution is 5.78. The van der Waals surface area contributed by atoms with Crippen molar-refractivity contribution in [3.8, 4) is 0 Å². The zero-order chi connectivity index (χ0) is 22.4. The molecule has 8 heteroatoms. The molecule has 0 unspecified atom stereocenters. The number of carbonyl (C=O) groups excluding carboxylic acids is 2. The van der Waals surface area contributed by atoms with Gasteiger partial charge in [-0.15, -0.1) is 5.10 Å². The van der Waals surface area contributed by atoms with E-state index in [1.807, 2.05) is 31.2 Å². The molecule has 0 aliphatic rings. The summed E-state index contributed by atoms with van der Waals surface area (Å²) >= 11 is 0. The van der Waals surface area contributed by atoms with E-state index in [1.165, 1.54) is 4.68 Å². The monoisotopic (exact) mass is 422 g/mol. The topological polar surface area (TPSA) is 103 Å². The summed E-state index contributed by atoms with van der Waals surface area (Å²) in [6.45, 7) is 5.60. The predicted octanol–water partition coefficient (Wildman–Crippen LogP) is 2.69. The van der Waals surface area contributed by atoms with Crippen LogP contribution in [0, 0.1) is 6.92 Å². The largest absolute Gasteiger partial charge is 0.463 e. The van der Waals surface area contributed by atoms with Gasteiger partial charge in [-0.1, -0.05) is 47.2 Å². The van der Waals surface area contributed by atoms with Crippen LogP contribution >= 0.6 is 0 Å². The van der Waals surface area contributed by atoms with E-state index in [1.54, 1.807) is 38.1 Å². The fourth-order valence-electron chi connectivity index (χ4n) is 3.17. The number of carbonyl (C=O) groups is 2. The smallest absolute Gasteiger partial charge is 0.308 e. The van der Waals surface area contributed by atoms with E-state index < -0.39 is 12.0 Å². The Morgan fingerprint density at radius 3 is 2.52 bits per heavy atom. The number of rotatable bonds is 8. The Labute approximate surface area is 180 Å². The van der Waals surface area contributed by atoms with E-state index in [-0.39, 0.29) is 37.0 Å². The third-order valence-corrected chi connectivity index (χ3v) is 4.73. The number of benzene rings is 2. The lowest BCUT2D eigenvalue weighted by atomic mass is 10.0. The van der Waals surface area contributed by atoms with E-state index in [9.17, 15) is 14.4 Å². The van der Waals surface area contributed by atoms with Crippen molar-refractivity contribution < 1.29 is 14.3 Å². The summed E-state index contributed by atoms with van der Waals surface area (Å²) in [6, 6.07) is 14.0. The van der Waals surface area contributed by atoms with Crippen molar-refractivity contribution in [1.82, 2.24) is 20.3 Å². The summed E-state index contributed by atoms with van der Waals surface area (Å²) in [6.07, 6.45) is -0.197. The molecule has 0 saturated heterocycles. The fourth-order valence-corrected chi connectivity index (χ4v) is 3.17. The number of esters is 1. The predicted molar refractivity (Wildman–Crippen MR) is 116 cm³/mol. The van der Waals surface area contributed by atoms with Crippen LogP contribution in [-0.2, 0) is 20.9 Å². The number of ether oxygens (including phenoxy) is 1. The maximum atomic E-state index is 12.6. The summed E-state index contributed by atoms with van der Waals surface area (Å²) in [4.78, 5) is 37.3. The molecular formula is C23H26N4O4. The molecule has 0 fully saturated rings. The number of aryl methyl sites for hydroxylation is 2. The minimum Gasteiger partial charge on any atom is -0.463 e. The molecule has 0 aliphatic heterocycles. The maximum absolute atomic E-state index is 12.6. The molecule has 1 heterocycles. The molecule has 8 nitrogen and oxygen atoms in total. The van der Waals surface area contributed by atoms with Crippen molar-refractivity contribution >= 4 is 22.8 Å². The zero-order valence-corrected chi connectivity index (χ0v) is 17.9. The molecule has 162 valence electrons. The molecule has 1 amide bonds. The van der Waals surface area contributed by atoms with Crippen LogP contribution in [0.2, 0.25) is 0 Å². The molecule has 3 aromatic rings. The highest BCUT2D eigenvalue weighted by Gasteiger charge is 2.20.